The normalized spacial score (nSPS) is 11.6. The second-order valence-electron chi connectivity index (χ2n) is 9.97. The Morgan fingerprint density at radius 1 is 0.581 bits per heavy atom. The maximum atomic E-state index is 11.2. The zero-order valence-electron chi connectivity index (χ0n) is 23.3. The third kappa shape index (κ3) is 6.11. The zero-order valence-corrected chi connectivity index (χ0v) is 23.3. The van der Waals surface area contributed by atoms with Crippen LogP contribution in [0.3, 0.4) is 0 Å². The van der Waals surface area contributed by atoms with E-state index in [0.29, 0.717) is 17.2 Å². The Kier molecular flexibility index (Phi) is 7.61. The smallest absolute Gasteiger partial charge is 0.344 e. The monoisotopic (exact) mass is 565 g/mol. The number of aromatic nitrogens is 3. The van der Waals surface area contributed by atoms with Crippen LogP contribution in [0, 0.1) is 0 Å². The Bertz CT molecular complexity index is 1770. The van der Waals surface area contributed by atoms with Gasteiger partial charge in [-0.05, 0) is 41.3 Å². The number of rotatable bonds is 8. The van der Waals surface area contributed by atoms with Gasteiger partial charge in [-0.3, -0.25) is 0 Å². The number of hydrogen-bond donors (Lipinski definition) is 2. The average Bonchev–Trinajstić information content (AvgIpc) is 3.05. The number of carbonyl (C=O) groups is 1. The minimum absolute atomic E-state index is 0.142. The number of carboxylic acids is 1. The van der Waals surface area contributed by atoms with Crippen molar-refractivity contribution in [2.24, 2.45) is 0 Å². The maximum absolute atomic E-state index is 11.2. The quantitative estimate of drug-likeness (QED) is 0.194. The van der Waals surface area contributed by atoms with Crippen LogP contribution < -0.4 is 4.74 Å². The van der Waals surface area contributed by atoms with E-state index in [2.05, 4.69) is 24.3 Å². The molecule has 210 valence electrons. The lowest BCUT2D eigenvalue weighted by atomic mass is 10.0. The summed E-state index contributed by atoms with van der Waals surface area (Å²) in [5, 5.41) is 20.1. The van der Waals surface area contributed by atoms with E-state index < -0.39 is 12.1 Å². The maximum Gasteiger partial charge on any atom is 0.344 e. The van der Waals surface area contributed by atoms with Crippen molar-refractivity contribution in [3.8, 4) is 67.9 Å². The summed E-state index contributed by atoms with van der Waals surface area (Å²) in [6, 6.07) is 40.7. The Morgan fingerprint density at radius 3 is 1.44 bits per heavy atom. The largest absolute Gasteiger partial charge is 0.507 e. The first-order valence-electron chi connectivity index (χ1n) is 13.8. The van der Waals surface area contributed by atoms with Gasteiger partial charge in [-0.1, -0.05) is 109 Å². The SMILES string of the molecule is CC(Oc1ccc(-c2nc(-c3ccc(-c4ccccc4)cc3)nc(-c3ccc(-c4ccccc4)cc3)n2)c(O)c1)C(=O)O. The molecular weight excluding hydrogens is 538 g/mol. The van der Waals surface area contributed by atoms with Gasteiger partial charge in [-0.15, -0.1) is 0 Å². The summed E-state index contributed by atoms with van der Waals surface area (Å²) in [4.78, 5) is 25.5. The number of aromatic hydroxyl groups is 1. The predicted molar refractivity (Wildman–Crippen MR) is 166 cm³/mol. The van der Waals surface area contributed by atoms with Crippen LogP contribution in [0.5, 0.6) is 11.5 Å². The van der Waals surface area contributed by atoms with E-state index in [1.54, 1.807) is 12.1 Å². The molecule has 0 amide bonds. The van der Waals surface area contributed by atoms with Gasteiger partial charge in [0.2, 0.25) is 0 Å². The summed E-state index contributed by atoms with van der Waals surface area (Å²) in [5.41, 5.74) is 6.30. The second kappa shape index (κ2) is 12.0. The van der Waals surface area contributed by atoms with Gasteiger partial charge in [0, 0.05) is 17.2 Å². The molecule has 0 saturated carbocycles. The molecule has 2 N–H and O–H groups in total. The van der Waals surface area contributed by atoms with Crippen LogP contribution in [0.2, 0.25) is 0 Å². The highest BCUT2D eigenvalue weighted by Crippen LogP contribution is 2.34. The number of aliphatic carboxylic acids is 1. The van der Waals surface area contributed by atoms with Crippen LogP contribution in [0.15, 0.2) is 127 Å². The summed E-state index contributed by atoms with van der Waals surface area (Å²) < 4.78 is 5.42. The van der Waals surface area contributed by atoms with Crippen molar-refractivity contribution in [2.75, 3.05) is 0 Å². The minimum atomic E-state index is -1.10. The standard InChI is InChI=1S/C36H27N3O4/c1-23(36(41)42)43-30-20-21-31(32(40)22-30)35-38-33(28-16-12-26(13-17-28)24-8-4-2-5-9-24)37-34(39-35)29-18-14-27(15-19-29)25-10-6-3-7-11-25/h2-23,40H,1H3,(H,41,42). The Balaban J connectivity index is 1.41. The Morgan fingerprint density at radius 2 is 1.00 bits per heavy atom. The zero-order chi connectivity index (χ0) is 29.8. The van der Waals surface area contributed by atoms with Gasteiger partial charge in [0.1, 0.15) is 11.5 Å². The van der Waals surface area contributed by atoms with E-state index in [4.69, 9.17) is 19.7 Å². The third-order valence-corrected chi connectivity index (χ3v) is 7.01. The second-order valence-corrected chi connectivity index (χ2v) is 9.97. The first-order chi connectivity index (χ1) is 20.9. The molecule has 1 unspecified atom stereocenters. The molecular formula is C36H27N3O4. The average molecular weight is 566 g/mol. The highest BCUT2D eigenvalue weighted by molar-refractivity contribution is 5.74. The number of benzene rings is 5. The van der Waals surface area contributed by atoms with E-state index in [1.807, 2.05) is 84.9 Å². The molecule has 6 aromatic rings. The van der Waals surface area contributed by atoms with Gasteiger partial charge in [-0.25, -0.2) is 19.7 Å². The lowest BCUT2D eigenvalue weighted by Gasteiger charge is -2.13. The number of ether oxygens (including phenoxy) is 1. The molecule has 5 aromatic carbocycles. The van der Waals surface area contributed by atoms with Gasteiger partial charge in [-0.2, -0.15) is 0 Å². The summed E-state index contributed by atoms with van der Waals surface area (Å²) in [6.07, 6.45) is -1.07. The third-order valence-electron chi connectivity index (χ3n) is 7.01. The van der Waals surface area contributed by atoms with Crippen LogP contribution in [0.25, 0.3) is 56.4 Å². The van der Waals surface area contributed by atoms with E-state index in [9.17, 15) is 15.0 Å². The lowest BCUT2D eigenvalue weighted by Crippen LogP contribution is -2.22. The first kappa shape index (κ1) is 27.4. The van der Waals surface area contributed by atoms with Gasteiger partial charge < -0.3 is 14.9 Å². The van der Waals surface area contributed by atoms with Crippen molar-refractivity contribution >= 4 is 5.97 Å². The molecule has 1 atom stereocenters. The molecule has 0 bridgehead atoms. The summed E-state index contributed by atoms with van der Waals surface area (Å²) >= 11 is 0. The molecule has 7 heteroatoms. The molecule has 0 spiro atoms. The summed E-state index contributed by atoms with van der Waals surface area (Å²) in [6.45, 7) is 1.42. The summed E-state index contributed by atoms with van der Waals surface area (Å²) in [7, 11) is 0. The van der Waals surface area contributed by atoms with E-state index in [0.717, 1.165) is 33.4 Å². The van der Waals surface area contributed by atoms with Crippen LogP contribution in [0.4, 0.5) is 0 Å². The van der Waals surface area contributed by atoms with Crippen molar-refractivity contribution in [3.05, 3.63) is 127 Å². The molecule has 0 aliphatic rings. The number of carboxylic acid groups (broad SMARTS) is 1. The van der Waals surface area contributed by atoms with E-state index in [1.165, 1.54) is 13.0 Å². The minimum Gasteiger partial charge on any atom is -0.507 e. The van der Waals surface area contributed by atoms with Gasteiger partial charge in [0.25, 0.3) is 0 Å². The number of phenolic OH excluding ortho intramolecular Hbond substituents is 1. The molecule has 7 nitrogen and oxygen atoms in total. The molecule has 43 heavy (non-hydrogen) atoms. The van der Waals surface area contributed by atoms with E-state index in [-0.39, 0.29) is 17.3 Å². The van der Waals surface area contributed by atoms with Crippen LogP contribution in [0.1, 0.15) is 6.92 Å². The molecule has 1 aromatic heterocycles. The number of nitrogens with zero attached hydrogens (tertiary/aromatic N) is 3. The highest BCUT2D eigenvalue weighted by Gasteiger charge is 2.18. The van der Waals surface area contributed by atoms with Crippen LogP contribution in [-0.2, 0) is 4.79 Å². The Hall–Kier alpha value is -5.82. The van der Waals surface area contributed by atoms with Crippen molar-refractivity contribution in [1.82, 2.24) is 15.0 Å². The first-order valence-corrected chi connectivity index (χ1v) is 13.8. The molecule has 0 aliphatic heterocycles. The fourth-order valence-electron chi connectivity index (χ4n) is 4.67. The topological polar surface area (TPSA) is 105 Å². The van der Waals surface area contributed by atoms with E-state index >= 15 is 0 Å². The van der Waals surface area contributed by atoms with Crippen molar-refractivity contribution in [3.63, 3.8) is 0 Å². The van der Waals surface area contributed by atoms with Crippen molar-refractivity contribution in [2.45, 2.75) is 13.0 Å². The van der Waals surface area contributed by atoms with Gasteiger partial charge in [0.15, 0.2) is 23.6 Å². The highest BCUT2D eigenvalue weighted by atomic mass is 16.5. The summed E-state index contributed by atoms with van der Waals surface area (Å²) in [5.74, 6) is 0.147. The molecule has 0 radical (unpaired) electrons. The molecule has 0 aliphatic carbocycles. The van der Waals surface area contributed by atoms with Crippen molar-refractivity contribution in [1.29, 1.82) is 0 Å². The number of hydrogen-bond acceptors (Lipinski definition) is 6. The number of phenols is 1. The predicted octanol–water partition coefficient (Wildman–Crippen LogP) is 7.76. The molecule has 0 fully saturated rings. The fourth-order valence-corrected chi connectivity index (χ4v) is 4.67. The fraction of sp³-hybridized carbons (Fsp3) is 0.0556. The van der Waals surface area contributed by atoms with Gasteiger partial charge in [0.05, 0.1) is 5.56 Å². The van der Waals surface area contributed by atoms with Crippen LogP contribution in [-0.4, -0.2) is 37.2 Å². The lowest BCUT2D eigenvalue weighted by molar-refractivity contribution is -0.144. The molecule has 0 saturated heterocycles. The molecule has 6 rings (SSSR count). The van der Waals surface area contributed by atoms with Crippen molar-refractivity contribution < 1.29 is 19.7 Å². The van der Waals surface area contributed by atoms with Gasteiger partial charge >= 0.3 is 5.97 Å². The van der Waals surface area contributed by atoms with Crippen LogP contribution >= 0.6 is 0 Å². The Labute approximate surface area is 248 Å². The molecule has 1 heterocycles.